The fourth-order valence-corrected chi connectivity index (χ4v) is 0.785. The Morgan fingerprint density at radius 2 is 2.50 bits per heavy atom. The smallest absolute Gasteiger partial charge is 0.206 e. The number of pyridine rings is 1. The van der Waals surface area contributed by atoms with E-state index in [4.69, 9.17) is 0 Å². The Bertz CT molecular complexity index is 281. The van der Waals surface area contributed by atoms with Crippen molar-refractivity contribution in [2.24, 2.45) is 4.36 Å². The van der Waals surface area contributed by atoms with Crippen molar-refractivity contribution in [3.8, 4) is 0 Å². The van der Waals surface area contributed by atoms with Crippen LogP contribution in [-0.2, 0) is 11.5 Å². The van der Waals surface area contributed by atoms with Crippen LogP contribution in [0.15, 0.2) is 22.7 Å². The van der Waals surface area contributed by atoms with Crippen LogP contribution in [0.5, 0.6) is 0 Å². The highest BCUT2D eigenvalue weighted by atomic mass is 32.1. The van der Waals surface area contributed by atoms with Gasteiger partial charge in [0.05, 0.1) is 0 Å². The maximum absolute atomic E-state index is 9.92. The Balaban J connectivity index is 3.06. The van der Waals surface area contributed by atoms with Crippen molar-refractivity contribution in [1.82, 2.24) is 4.98 Å². The van der Waals surface area contributed by atoms with Crippen LogP contribution >= 0.6 is 0 Å². The number of aryl methyl sites for hydroxylation is 1. The van der Waals surface area contributed by atoms with E-state index in [-0.39, 0.29) is 11.5 Å². The third kappa shape index (κ3) is 1.73. The molecular weight excluding hydrogens is 148 g/mol. The molecule has 0 unspecified atom stereocenters. The molecule has 0 aliphatic carbocycles. The third-order valence-corrected chi connectivity index (χ3v) is 1.29. The summed E-state index contributed by atoms with van der Waals surface area (Å²) in [6.07, 6.45) is 1.63. The lowest BCUT2D eigenvalue weighted by molar-refractivity contribution is 0.698. The molecule has 0 saturated carbocycles. The minimum absolute atomic E-state index is 0.176. The van der Waals surface area contributed by atoms with Crippen LogP contribution in [0.3, 0.4) is 0 Å². The van der Waals surface area contributed by atoms with E-state index in [0.29, 0.717) is 5.82 Å². The summed E-state index contributed by atoms with van der Waals surface area (Å²) >= 11 is 0.176. The predicted molar refractivity (Wildman–Crippen MR) is 39.2 cm³/mol. The monoisotopic (exact) mass is 154 g/mol. The molecule has 0 aliphatic rings. The summed E-state index contributed by atoms with van der Waals surface area (Å²) < 4.78 is 13.4. The van der Waals surface area contributed by atoms with E-state index < -0.39 is 0 Å². The molecule has 0 saturated heterocycles. The lowest BCUT2D eigenvalue weighted by atomic mass is 10.3. The van der Waals surface area contributed by atoms with E-state index in [1.54, 1.807) is 12.3 Å². The van der Waals surface area contributed by atoms with E-state index in [1.165, 1.54) is 0 Å². The zero-order chi connectivity index (χ0) is 7.40. The lowest BCUT2D eigenvalue weighted by Crippen LogP contribution is -1.73. The topological polar surface area (TPSA) is 42.3 Å². The fraction of sp³-hybridized carbons (Fsp3) is 0.167. The summed E-state index contributed by atoms with van der Waals surface area (Å²) in [5.41, 5.74) is 1.06. The molecule has 1 aromatic rings. The molecule has 0 aromatic carbocycles. The van der Waals surface area contributed by atoms with Crippen molar-refractivity contribution >= 4 is 17.3 Å². The van der Waals surface area contributed by atoms with Gasteiger partial charge in [-0.1, -0.05) is 0 Å². The fourth-order valence-electron chi connectivity index (χ4n) is 0.608. The zero-order valence-electron chi connectivity index (χ0n) is 5.44. The first kappa shape index (κ1) is 7.08. The van der Waals surface area contributed by atoms with Crippen LogP contribution in [0, 0.1) is 6.92 Å². The maximum Gasteiger partial charge on any atom is 0.206 e. The van der Waals surface area contributed by atoms with Gasteiger partial charge >= 0.3 is 0 Å². The second kappa shape index (κ2) is 3.22. The predicted octanol–water partition coefficient (Wildman–Crippen LogP) is 1.42. The van der Waals surface area contributed by atoms with Crippen molar-refractivity contribution in [3.05, 3.63) is 23.9 Å². The van der Waals surface area contributed by atoms with Crippen LogP contribution in [-0.4, -0.2) is 9.19 Å². The number of hydrogen-bond donors (Lipinski definition) is 0. The summed E-state index contributed by atoms with van der Waals surface area (Å²) in [6, 6.07) is 3.61. The second-order valence-electron chi connectivity index (χ2n) is 1.86. The minimum atomic E-state index is 0.176. The van der Waals surface area contributed by atoms with Crippen molar-refractivity contribution in [1.29, 1.82) is 0 Å². The van der Waals surface area contributed by atoms with Crippen LogP contribution in [0.2, 0.25) is 0 Å². The van der Waals surface area contributed by atoms with E-state index in [2.05, 4.69) is 9.35 Å². The number of nitrogens with zero attached hydrogens (tertiary/aromatic N) is 2. The summed E-state index contributed by atoms with van der Waals surface area (Å²) in [4.78, 5) is 3.84. The van der Waals surface area contributed by atoms with Gasteiger partial charge in [-0.3, -0.25) is 0 Å². The van der Waals surface area contributed by atoms with Gasteiger partial charge < -0.3 is 0 Å². The highest BCUT2D eigenvalue weighted by Gasteiger charge is 1.88. The standard InChI is InChI=1S/C6H6N2OS/c1-5-2-3-7-6(4-5)8-10-9/h2-4H,1H3. The number of aromatic nitrogens is 1. The molecule has 1 rings (SSSR count). The molecule has 0 atom stereocenters. The SMILES string of the molecule is Cc1ccnc(N=S=O)c1. The first-order valence-electron chi connectivity index (χ1n) is 2.75. The molecule has 0 bridgehead atoms. The molecule has 0 radical (unpaired) electrons. The first-order valence-corrected chi connectivity index (χ1v) is 3.45. The maximum atomic E-state index is 9.92. The Labute approximate surface area is 62.4 Å². The molecular formula is C6H6N2OS. The molecule has 0 amide bonds. The van der Waals surface area contributed by atoms with Crippen LogP contribution in [0.25, 0.3) is 0 Å². The van der Waals surface area contributed by atoms with Crippen LogP contribution in [0.4, 0.5) is 5.82 Å². The van der Waals surface area contributed by atoms with Gasteiger partial charge in [0, 0.05) is 6.20 Å². The minimum Gasteiger partial charge on any atom is -0.236 e. The molecule has 3 nitrogen and oxygen atoms in total. The summed E-state index contributed by atoms with van der Waals surface area (Å²) in [5.74, 6) is 0.486. The molecule has 10 heavy (non-hydrogen) atoms. The van der Waals surface area contributed by atoms with Gasteiger partial charge in [0.1, 0.15) is 0 Å². The average Bonchev–Trinajstić information content (AvgIpc) is 1.88. The molecule has 0 fully saturated rings. The third-order valence-electron chi connectivity index (χ3n) is 1.03. The van der Waals surface area contributed by atoms with E-state index in [1.807, 2.05) is 13.0 Å². The van der Waals surface area contributed by atoms with Gasteiger partial charge in [-0.15, -0.1) is 4.36 Å². The average molecular weight is 154 g/mol. The first-order chi connectivity index (χ1) is 4.83. The Hall–Kier alpha value is -1.03. The van der Waals surface area contributed by atoms with Gasteiger partial charge in [-0.05, 0) is 24.6 Å². The van der Waals surface area contributed by atoms with Gasteiger partial charge in [0.15, 0.2) is 5.82 Å². The molecule has 0 spiro atoms. The quantitative estimate of drug-likeness (QED) is 0.613. The molecule has 1 aromatic heterocycles. The molecule has 0 aliphatic heterocycles. The highest BCUT2D eigenvalue weighted by molar-refractivity contribution is 7.54. The van der Waals surface area contributed by atoms with Gasteiger partial charge in [0.25, 0.3) is 0 Å². The summed E-state index contributed by atoms with van der Waals surface area (Å²) in [6.45, 7) is 1.93. The Kier molecular flexibility index (Phi) is 2.28. The normalized spacial score (nSPS) is 8.90. The van der Waals surface area contributed by atoms with E-state index in [9.17, 15) is 4.21 Å². The van der Waals surface area contributed by atoms with Gasteiger partial charge in [0.2, 0.25) is 11.5 Å². The van der Waals surface area contributed by atoms with Crippen molar-refractivity contribution in [2.75, 3.05) is 0 Å². The number of rotatable bonds is 1. The van der Waals surface area contributed by atoms with Crippen molar-refractivity contribution < 1.29 is 4.21 Å². The molecule has 52 valence electrons. The largest absolute Gasteiger partial charge is 0.236 e. The summed E-state index contributed by atoms with van der Waals surface area (Å²) in [7, 11) is 0. The van der Waals surface area contributed by atoms with E-state index in [0.717, 1.165) is 5.56 Å². The number of hydrogen-bond acceptors (Lipinski definition) is 3. The highest BCUT2D eigenvalue weighted by Crippen LogP contribution is 2.07. The van der Waals surface area contributed by atoms with Gasteiger partial charge in [-0.2, -0.15) is 4.21 Å². The van der Waals surface area contributed by atoms with E-state index >= 15 is 0 Å². The van der Waals surface area contributed by atoms with Crippen molar-refractivity contribution in [3.63, 3.8) is 0 Å². The van der Waals surface area contributed by atoms with Crippen molar-refractivity contribution in [2.45, 2.75) is 6.92 Å². The summed E-state index contributed by atoms with van der Waals surface area (Å²) in [5, 5.41) is 0. The van der Waals surface area contributed by atoms with Crippen LogP contribution < -0.4 is 0 Å². The van der Waals surface area contributed by atoms with Gasteiger partial charge in [-0.25, -0.2) is 4.98 Å². The Morgan fingerprint density at radius 3 is 3.10 bits per heavy atom. The second-order valence-corrected chi connectivity index (χ2v) is 2.19. The Morgan fingerprint density at radius 1 is 1.70 bits per heavy atom. The van der Waals surface area contributed by atoms with Crippen LogP contribution in [0.1, 0.15) is 5.56 Å². The molecule has 0 N–H and O–H groups in total. The lowest BCUT2D eigenvalue weighted by Gasteiger charge is -1.89. The molecule has 4 heteroatoms. The molecule has 1 heterocycles. The zero-order valence-corrected chi connectivity index (χ0v) is 6.26.